The fourth-order valence-electron chi connectivity index (χ4n) is 3.33. The molecule has 0 radical (unpaired) electrons. The number of hydrogen-bond donors (Lipinski definition) is 1. The van der Waals surface area contributed by atoms with Crippen LogP contribution in [0.5, 0.6) is 0 Å². The van der Waals surface area contributed by atoms with Gasteiger partial charge in [-0.2, -0.15) is 11.8 Å². The van der Waals surface area contributed by atoms with Crippen molar-refractivity contribution in [2.75, 3.05) is 49.9 Å². The van der Waals surface area contributed by atoms with E-state index in [1.54, 1.807) is 7.11 Å². The fraction of sp³-hybridized carbons (Fsp3) is 0.480. The zero-order valence-corrected chi connectivity index (χ0v) is 22.0. The molecule has 0 unspecified atom stereocenters. The Balaban J connectivity index is 0.000000454. The van der Waals surface area contributed by atoms with Gasteiger partial charge in [-0.25, -0.2) is 4.98 Å². The smallest absolute Gasteiger partial charge is 0.140 e. The molecule has 4 rings (SSSR count). The average molecular weight is 491 g/mol. The van der Waals surface area contributed by atoms with Gasteiger partial charge in [-0.15, -0.1) is 0 Å². The van der Waals surface area contributed by atoms with Gasteiger partial charge in [0.2, 0.25) is 0 Å². The van der Waals surface area contributed by atoms with Crippen molar-refractivity contribution in [2.45, 2.75) is 39.0 Å². The Labute approximate surface area is 206 Å². The average Bonchev–Trinajstić information content (AvgIpc) is 3.14. The van der Waals surface area contributed by atoms with E-state index >= 15 is 0 Å². The molecule has 0 atom stereocenters. The summed E-state index contributed by atoms with van der Waals surface area (Å²) < 4.78 is 13.4. The van der Waals surface area contributed by atoms with E-state index in [2.05, 4.69) is 53.9 Å². The van der Waals surface area contributed by atoms with Crippen LogP contribution in [0.15, 0.2) is 36.5 Å². The van der Waals surface area contributed by atoms with Crippen LogP contribution in [0.1, 0.15) is 32.0 Å². The van der Waals surface area contributed by atoms with Gasteiger partial charge in [0.1, 0.15) is 17.2 Å². The first-order valence-electron chi connectivity index (χ1n) is 11.1. The largest absolute Gasteiger partial charge is 0.378 e. The third kappa shape index (κ3) is 6.79. The van der Waals surface area contributed by atoms with Gasteiger partial charge >= 0.3 is 0 Å². The van der Waals surface area contributed by atoms with Gasteiger partial charge in [-0.1, -0.05) is 38.4 Å². The SMILES string of the molecule is COCc1nc2ccc(N3CCOCC3)cn2c1Nc1cccc(Cl)c1C.CSC(C)(C)C. The first-order valence-corrected chi connectivity index (χ1v) is 12.7. The van der Waals surface area contributed by atoms with E-state index in [0.29, 0.717) is 11.4 Å². The maximum absolute atomic E-state index is 6.29. The molecule has 8 heteroatoms. The van der Waals surface area contributed by atoms with E-state index in [9.17, 15) is 0 Å². The summed E-state index contributed by atoms with van der Waals surface area (Å²) in [5.74, 6) is 0.896. The molecule has 3 heterocycles. The van der Waals surface area contributed by atoms with Crippen molar-refractivity contribution in [2.24, 2.45) is 0 Å². The number of ether oxygens (including phenoxy) is 2. The molecule has 0 saturated carbocycles. The molecule has 1 fully saturated rings. The minimum atomic E-state index is 0.427. The summed E-state index contributed by atoms with van der Waals surface area (Å²) in [5, 5.41) is 4.24. The minimum Gasteiger partial charge on any atom is -0.378 e. The topological polar surface area (TPSA) is 51.0 Å². The molecule has 0 bridgehead atoms. The van der Waals surface area contributed by atoms with Crippen molar-refractivity contribution in [3.05, 3.63) is 52.8 Å². The molecule has 180 valence electrons. The molecule has 1 N–H and O–H groups in total. The summed E-state index contributed by atoms with van der Waals surface area (Å²) in [6, 6.07) is 10.0. The highest BCUT2D eigenvalue weighted by Crippen LogP contribution is 2.30. The van der Waals surface area contributed by atoms with Gasteiger partial charge in [-0.05, 0) is 43.0 Å². The quantitative estimate of drug-likeness (QED) is 0.461. The second-order valence-corrected chi connectivity index (χ2v) is 10.9. The van der Waals surface area contributed by atoms with Crippen LogP contribution in [0.3, 0.4) is 0 Å². The number of rotatable bonds is 5. The Kier molecular flexibility index (Phi) is 8.93. The zero-order valence-electron chi connectivity index (χ0n) is 20.4. The first kappa shape index (κ1) is 25.7. The Morgan fingerprint density at radius 2 is 1.88 bits per heavy atom. The van der Waals surface area contributed by atoms with E-state index in [1.807, 2.05) is 43.0 Å². The highest BCUT2D eigenvalue weighted by atomic mass is 35.5. The van der Waals surface area contributed by atoms with Crippen LogP contribution in [0.2, 0.25) is 5.02 Å². The van der Waals surface area contributed by atoms with Crippen molar-refractivity contribution >= 4 is 46.2 Å². The molecule has 1 aromatic carbocycles. The van der Waals surface area contributed by atoms with Gasteiger partial charge < -0.3 is 19.7 Å². The number of methoxy groups -OCH3 is 1. The predicted octanol–water partition coefficient (Wildman–Crippen LogP) is 6.17. The number of halogens is 1. The molecule has 1 aliphatic heterocycles. The van der Waals surface area contributed by atoms with Crippen LogP contribution >= 0.6 is 23.4 Å². The molecular formula is C25H35ClN4O2S. The molecule has 1 aliphatic rings. The molecule has 2 aromatic heterocycles. The maximum Gasteiger partial charge on any atom is 0.140 e. The van der Waals surface area contributed by atoms with Crippen LogP contribution in [0.25, 0.3) is 5.65 Å². The van der Waals surface area contributed by atoms with Gasteiger partial charge in [0.15, 0.2) is 0 Å². The number of benzene rings is 1. The summed E-state index contributed by atoms with van der Waals surface area (Å²) in [4.78, 5) is 7.06. The van der Waals surface area contributed by atoms with Crippen molar-refractivity contribution < 1.29 is 9.47 Å². The number of pyridine rings is 1. The molecule has 3 aromatic rings. The fourth-order valence-corrected chi connectivity index (χ4v) is 3.51. The molecule has 0 spiro atoms. The molecular weight excluding hydrogens is 456 g/mol. The number of morpholine rings is 1. The van der Waals surface area contributed by atoms with E-state index in [4.69, 9.17) is 26.1 Å². The molecule has 0 aliphatic carbocycles. The van der Waals surface area contributed by atoms with Crippen LogP contribution in [-0.2, 0) is 16.1 Å². The number of nitrogens with zero attached hydrogens (tertiary/aromatic N) is 3. The number of fused-ring (bicyclic) bond motifs is 1. The van der Waals surface area contributed by atoms with E-state index in [1.165, 1.54) is 0 Å². The van der Waals surface area contributed by atoms with Crippen molar-refractivity contribution in [3.8, 4) is 0 Å². The van der Waals surface area contributed by atoms with Crippen LogP contribution in [-0.4, -0.2) is 53.8 Å². The third-order valence-corrected chi connectivity index (χ3v) is 7.10. The number of imidazole rings is 1. The number of aromatic nitrogens is 2. The van der Waals surface area contributed by atoms with E-state index in [-0.39, 0.29) is 0 Å². The van der Waals surface area contributed by atoms with Gasteiger partial charge in [0.05, 0.1) is 25.5 Å². The van der Waals surface area contributed by atoms with E-state index < -0.39 is 0 Å². The van der Waals surface area contributed by atoms with Gasteiger partial charge in [0, 0.05) is 41.9 Å². The summed E-state index contributed by atoms with van der Waals surface area (Å²) in [6.45, 7) is 12.3. The summed E-state index contributed by atoms with van der Waals surface area (Å²) in [5.41, 5.74) is 4.84. The molecule has 0 amide bonds. The Morgan fingerprint density at radius 1 is 1.18 bits per heavy atom. The second-order valence-electron chi connectivity index (χ2n) is 8.91. The van der Waals surface area contributed by atoms with E-state index in [0.717, 1.165) is 65.4 Å². The lowest BCUT2D eigenvalue weighted by Gasteiger charge is -2.28. The summed E-state index contributed by atoms with van der Waals surface area (Å²) >= 11 is 8.18. The van der Waals surface area contributed by atoms with Crippen LogP contribution < -0.4 is 10.2 Å². The normalized spacial score (nSPS) is 14.2. The van der Waals surface area contributed by atoms with Crippen molar-refractivity contribution in [3.63, 3.8) is 0 Å². The zero-order chi connectivity index (χ0) is 24.0. The predicted molar refractivity (Wildman–Crippen MR) is 142 cm³/mol. The highest BCUT2D eigenvalue weighted by molar-refractivity contribution is 7.99. The van der Waals surface area contributed by atoms with Crippen LogP contribution in [0.4, 0.5) is 17.2 Å². The maximum atomic E-state index is 6.29. The first-order chi connectivity index (χ1) is 15.7. The lowest BCUT2D eigenvalue weighted by molar-refractivity contribution is 0.122. The highest BCUT2D eigenvalue weighted by Gasteiger charge is 2.17. The molecule has 1 saturated heterocycles. The Hall–Kier alpha value is -1.93. The second kappa shape index (κ2) is 11.5. The standard InChI is InChI=1S/C20H23ClN4O2.C5H12S/c1-14-16(21)4-3-5-17(14)23-20-18(13-26-2)22-19-7-6-15(12-25(19)20)24-8-10-27-11-9-24;1-5(2,3)6-4/h3-7,12,23H,8-11,13H2,1-2H3;1-4H3. The minimum absolute atomic E-state index is 0.427. The monoisotopic (exact) mass is 490 g/mol. The lowest BCUT2D eigenvalue weighted by atomic mass is 10.2. The third-order valence-electron chi connectivity index (χ3n) is 5.47. The van der Waals surface area contributed by atoms with Crippen molar-refractivity contribution in [1.29, 1.82) is 0 Å². The van der Waals surface area contributed by atoms with Gasteiger partial charge in [0.25, 0.3) is 0 Å². The number of nitrogens with one attached hydrogen (secondary N) is 1. The summed E-state index contributed by atoms with van der Waals surface area (Å²) in [7, 11) is 1.68. The molecule has 33 heavy (non-hydrogen) atoms. The number of hydrogen-bond acceptors (Lipinski definition) is 6. The number of anilines is 3. The number of thioether (sulfide) groups is 1. The lowest BCUT2D eigenvalue weighted by Crippen LogP contribution is -2.36. The Bertz CT molecular complexity index is 1060. The Morgan fingerprint density at radius 3 is 2.52 bits per heavy atom. The summed E-state index contributed by atoms with van der Waals surface area (Å²) in [6.07, 6.45) is 4.25. The molecule has 6 nitrogen and oxygen atoms in total. The van der Waals surface area contributed by atoms with Gasteiger partial charge in [-0.3, -0.25) is 4.40 Å². The van der Waals surface area contributed by atoms with Crippen LogP contribution in [0, 0.1) is 6.92 Å². The van der Waals surface area contributed by atoms with Crippen molar-refractivity contribution in [1.82, 2.24) is 9.38 Å².